The molecule has 1 aromatic carbocycles. The minimum absolute atomic E-state index is 0.0394. The first-order valence-corrected chi connectivity index (χ1v) is 7.39. The highest BCUT2D eigenvalue weighted by Gasteiger charge is 2.25. The predicted molar refractivity (Wildman–Crippen MR) is 81.8 cm³/mol. The zero-order chi connectivity index (χ0) is 14.8. The van der Waals surface area contributed by atoms with Gasteiger partial charge in [-0.15, -0.1) is 0 Å². The summed E-state index contributed by atoms with van der Waals surface area (Å²) in [5.74, 6) is 0.0332. The van der Waals surface area contributed by atoms with Crippen molar-refractivity contribution in [1.29, 1.82) is 0 Å². The van der Waals surface area contributed by atoms with Gasteiger partial charge in [0.2, 0.25) is 0 Å². The molecule has 0 bridgehead atoms. The molecule has 20 heavy (non-hydrogen) atoms. The second kappa shape index (κ2) is 5.97. The van der Waals surface area contributed by atoms with Crippen LogP contribution < -0.4 is 5.32 Å². The van der Waals surface area contributed by atoms with Crippen molar-refractivity contribution in [2.75, 3.05) is 6.61 Å². The van der Waals surface area contributed by atoms with Crippen molar-refractivity contribution in [2.24, 2.45) is 0 Å². The second-order valence-corrected chi connectivity index (χ2v) is 6.05. The third-order valence-corrected chi connectivity index (χ3v) is 4.05. The number of amides is 1. The molecular formula is C15H18BrNO3. The minimum atomic E-state index is -0.425. The number of aliphatic hydroxyl groups excluding tert-OH is 1. The lowest BCUT2D eigenvalue weighted by atomic mass is 9.95. The van der Waals surface area contributed by atoms with Crippen molar-refractivity contribution in [1.82, 2.24) is 5.32 Å². The summed E-state index contributed by atoms with van der Waals surface area (Å²) in [6.07, 6.45) is 1.26. The summed E-state index contributed by atoms with van der Waals surface area (Å²) in [7, 11) is 0. The highest BCUT2D eigenvalue weighted by atomic mass is 79.9. The van der Waals surface area contributed by atoms with E-state index in [-0.39, 0.29) is 18.3 Å². The van der Waals surface area contributed by atoms with Crippen molar-refractivity contribution >= 4 is 32.8 Å². The fourth-order valence-electron chi connectivity index (χ4n) is 2.04. The Morgan fingerprint density at radius 2 is 2.20 bits per heavy atom. The molecule has 2 rings (SSSR count). The summed E-state index contributed by atoms with van der Waals surface area (Å²) in [6.45, 7) is 3.93. The Morgan fingerprint density at radius 3 is 2.85 bits per heavy atom. The Morgan fingerprint density at radius 1 is 1.45 bits per heavy atom. The largest absolute Gasteiger partial charge is 0.451 e. The zero-order valence-corrected chi connectivity index (χ0v) is 13.2. The van der Waals surface area contributed by atoms with Crippen LogP contribution in [0.15, 0.2) is 33.2 Å². The number of carbonyl (C=O) groups is 1. The molecule has 0 aliphatic rings. The van der Waals surface area contributed by atoms with Crippen LogP contribution in [0.3, 0.4) is 0 Å². The van der Waals surface area contributed by atoms with E-state index in [2.05, 4.69) is 21.2 Å². The summed E-state index contributed by atoms with van der Waals surface area (Å²) < 4.78 is 6.50. The molecule has 0 saturated heterocycles. The summed E-state index contributed by atoms with van der Waals surface area (Å²) in [4.78, 5) is 12.3. The first kappa shape index (κ1) is 15.1. The molecule has 1 heterocycles. The Kier molecular flexibility index (Phi) is 4.50. The molecule has 4 nitrogen and oxygen atoms in total. The molecule has 0 spiro atoms. The SMILES string of the molecule is CCC(C)(CCO)NC(=O)c1cc2cc(Br)ccc2o1. The quantitative estimate of drug-likeness (QED) is 0.876. The maximum Gasteiger partial charge on any atom is 0.287 e. The number of hydrogen-bond donors (Lipinski definition) is 2. The van der Waals surface area contributed by atoms with E-state index in [1.54, 1.807) is 6.07 Å². The van der Waals surface area contributed by atoms with Gasteiger partial charge in [0.1, 0.15) is 5.58 Å². The number of carbonyl (C=O) groups excluding carboxylic acids is 1. The van der Waals surface area contributed by atoms with Gasteiger partial charge in [0.15, 0.2) is 5.76 Å². The van der Waals surface area contributed by atoms with Crippen LogP contribution in [0, 0.1) is 0 Å². The van der Waals surface area contributed by atoms with Crippen LogP contribution in [0.5, 0.6) is 0 Å². The molecule has 0 saturated carbocycles. The van der Waals surface area contributed by atoms with Gasteiger partial charge in [-0.1, -0.05) is 22.9 Å². The summed E-state index contributed by atoms with van der Waals surface area (Å²) in [5.41, 5.74) is 0.254. The Balaban J connectivity index is 2.22. The third kappa shape index (κ3) is 3.22. The van der Waals surface area contributed by atoms with E-state index in [1.807, 2.05) is 32.0 Å². The molecule has 1 unspecified atom stereocenters. The first-order valence-electron chi connectivity index (χ1n) is 6.60. The normalized spacial score (nSPS) is 14.2. The van der Waals surface area contributed by atoms with Crippen LogP contribution in [0.2, 0.25) is 0 Å². The van der Waals surface area contributed by atoms with Crippen LogP contribution in [0.25, 0.3) is 11.0 Å². The molecule has 1 atom stereocenters. The smallest absolute Gasteiger partial charge is 0.287 e. The molecule has 1 aromatic heterocycles. The van der Waals surface area contributed by atoms with Crippen LogP contribution >= 0.6 is 15.9 Å². The van der Waals surface area contributed by atoms with Crippen molar-refractivity contribution < 1.29 is 14.3 Å². The first-order chi connectivity index (χ1) is 9.47. The molecule has 0 aliphatic heterocycles. The van der Waals surface area contributed by atoms with Crippen molar-refractivity contribution in [2.45, 2.75) is 32.2 Å². The lowest BCUT2D eigenvalue weighted by Crippen LogP contribution is -2.46. The van der Waals surface area contributed by atoms with E-state index >= 15 is 0 Å². The lowest BCUT2D eigenvalue weighted by Gasteiger charge is -2.28. The highest BCUT2D eigenvalue weighted by molar-refractivity contribution is 9.10. The van der Waals surface area contributed by atoms with Gasteiger partial charge in [-0.3, -0.25) is 4.79 Å². The van der Waals surface area contributed by atoms with Crippen molar-refractivity contribution in [3.05, 3.63) is 34.5 Å². The number of aliphatic hydroxyl groups is 1. The van der Waals surface area contributed by atoms with Gasteiger partial charge in [-0.05, 0) is 44.0 Å². The molecule has 2 N–H and O–H groups in total. The van der Waals surface area contributed by atoms with Crippen LogP contribution in [-0.4, -0.2) is 23.2 Å². The van der Waals surface area contributed by atoms with Crippen molar-refractivity contribution in [3.63, 3.8) is 0 Å². The van der Waals surface area contributed by atoms with Gasteiger partial charge in [0.05, 0.1) is 0 Å². The van der Waals surface area contributed by atoms with E-state index in [1.165, 1.54) is 0 Å². The van der Waals surface area contributed by atoms with E-state index in [9.17, 15) is 4.79 Å². The molecule has 1 amide bonds. The van der Waals surface area contributed by atoms with Gasteiger partial charge >= 0.3 is 0 Å². The number of nitrogens with one attached hydrogen (secondary N) is 1. The van der Waals surface area contributed by atoms with Gasteiger partial charge in [-0.25, -0.2) is 0 Å². The molecule has 0 fully saturated rings. The number of rotatable bonds is 5. The molecule has 5 heteroatoms. The molecular weight excluding hydrogens is 322 g/mol. The summed E-state index contributed by atoms with van der Waals surface area (Å²) in [6, 6.07) is 7.32. The molecule has 108 valence electrons. The topological polar surface area (TPSA) is 62.5 Å². The number of furan rings is 1. The standard InChI is InChI=1S/C15H18BrNO3/c1-3-15(2,6-7-18)17-14(19)13-9-10-8-11(16)4-5-12(10)20-13/h4-5,8-9,18H,3,6-7H2,1-2H3,(H,17,19). The number of halogens is 1. The van der Waals surface area contributed by atoms with Crippen LogP contribution in [0.4, 0.5) is 0 Å². The van der Waals surface area contributed by atoms with Crippen molar-refractivity contribution in [3.8, 4) is 0 Å². The number of fused-ring (bicyclic) bond motifs is 1. The third-order valence-electron chi connectivity index (χ3n) is 3.56. The maximum atomic E-state index is 12.3. The van der Waals surface area contributed by atoms with Gasteiger partial charge in [0, 0.05) is 22.0 Å². The monoisotopic (exact) mass is 339 g/mol. The fraction of sp³-hybridized carbons (Fsp3) is 0.400. The average Bonchev–Trinajstić information content (AvgIpc) is 2.82. The van der Waals surface area contributed by atoms with Crippen LogP contribution in [0.1, 0.15) is 37.2 Å². The Hall–Kier alpha value is -1.33. The van der Waals surface area contributed by atoms with E-state index < -0.39 is 5.54 Å². The lowest BCUT2D eigenvalue weighted by molar-refractivity contribution is 0.0860. The van der Waals surface area contributed by atoms with E-state index in [0.717, 1.165) is 16.3 Å². The second-order valence-electron chi connectivity index (χ2n) is 5.13. The number of benzene rings is 1. The zero-order valence-electron chi connectivity index (χ0n) is 11.6. The van der Waals surface area contributed by atoms with Crippen LogP contribution in [-0.2, 0) is 0 Å². The molecule has 0 aliphatic carbocycles. The predicted octanol–water partition coefficient (Wildman–Crippen LogP) is 3.48. The Labute approximate surface area is 126 Å². The van der Waals surface area contributed by atoms with Gasteiger partial charge in [-0.2, -0.15) is 0 Å². The molecule has 0 radical (unpaired) electrons. The fourth-order valence-corrected chi connectivity index (χ4v) is 2.42. The Bertz CT molecular complexity index is 623. The molecule has 2 aromatic rings. The summed E-state index contributed by atoms with van der Waals surface area (Å²) in [5, 5.41) is 12.9. The maximum absolute atomic E-state index is 12.3. The van der Waals surface area contributed by atoms with Gasteiger partial charge < -0.3 is 14.8 Å². The van der Waals surface area contributed by atoms with E-state index in [0.29, 0.717) is 12.0 Å². The average molecular weight is 340 g/mol. The van der Waals surface area contributed by atoms with Gasteiger partial charge in [0.25, 0.3) is 5.91 Å². The highest BCUT2D eigenvalue weighted by Crippen LogP contribution is 2.24. The minimum Gasteiger partial charge on any atom is -0.451 e. The number of hydrogen-bond acceptors (Lipinski definition) is 3. The summed E-state index contributed by atoms with van der Waals surface area (Å²) >= 11 is 3.39. The van der Waals surface area contributed by atoms with E-state index in [4.69, 9.17) is 9.52 Å².